The van der Waals surface area contributed by atoms with Gasteiger partial charge in [0.1, 0.15) is 0 Å². The van der Waals surface area contributed by atoms with E-state index in [-0.39, 0.29) is 0 Å². The first-order chi connectivity index (χ1) is 7.86. The van der Waals surface area contributed by atoms with E-state index in [1.807, 2.05) is 48.5 Å². The van der Waals surface area contributed by atoms with Crippen molar-refractivity contribution in [2.75, 3.05) is 0 Å². The Morgan fingerprint density at radius 2 is 1.38 bits per heavy atom. The lowest BCUT2D eigenvalue weighted by Crippen LogP contribution is -1.90. The molecule has 1 radical (unpaired) electrons. The Balaban J connectivity index is 2.15. The number of benzene rings is 2. The lowest BCUT2D eigenvalue weighted by atomic mass is 10.1. The van der Waals surface area contributed by atoms with Gasteiger partial charge in [0.2, 0.25) is 0 Å². The first-order valence-corrected chi connectivity index (χ1v) is 5.13. The van der Waals surface area contributed by atoms with Gasteiger partial charge in [-0.25, -0.2) is 5.11 Å². The van der Waals surface area contributed by atoms with Crippen molar-refractivity contribution in [2.45, 2.75) is 6.10 Å². The van der Waals surface area contributed by atoms with E-state index < -0.39 is 6.10 Å². The Morgan fingerprint density at radius 3 is 2.00 bits per heavy atom. The van der Waals surface area contributed by atoms with E-state index in [1.54, 1.807) is 12.1 Å². The van der Waals surface area contributed by atoms with Crippen molar-refractivity contribution in [1.82, 2.24) is 0 Å². The van der Waals surface area contributed by atoms with E-state index in [9.17, 15) is 5.11 Å². The Morgan fingerprint density at radius 1 is 0.812 bits per heavy atom. The summed E-state index contributed by atoms with van der Waals surface area (Å²) >= 11 is 0. The zero-order valence-electron chi connectivity index (χ0n) is 8.76. The summed E-state index contributed by atoms with van der Waals surface area (Å²) in [5.74, 6) is 5.59. The number of rotatable bonds is 1. The first kappa shape index (κ1) is 10.5. The number of hydrogen-bond donors (Lipinski definition) is 0. The molecule has 0 N–H and O–H groups in total. The lowest BCUT2D eigenvalue weighted by Gasteiger charge is -1.99. The van der Waals surface area contributed by atoms with E-state index >= 15 is 0 Å². The molecule has 0 amide bonds. The molecule has 0 bridgehead atoms. The average Bonchev–Trinajstić information content (AvgIpc) is 2.38. The summed E-state index contributed by atoms with van der Waals surface area (Å²) in [6.07, 6.45) is -0.971. The van der Waals surface area contributed by atoms with Crippen LogP contribution in [0.25, 0.3) is 0 Å². The SMILES string of the molecule is [O]C(C#Cc1ccccc1)c1ccccc1. The summed E-state index contributed by atoms with van der Waals surface area (Å²) in [6, 6.07) is 18.7. The maximum Gasteiger partial charge on any atom is 0.179 e. The highest BCUT2D eigenvalue weighted by atomic mass is 16.3. The molecular weight excluding hydrogens is 196 g/mol. The minimum Gasteiger partial charge on any atom is -0.214 e. The Hall–Kier alpha value is -2.04. The summed E-state index contributed by atoms with van der Waals surface area (Å²) < 4.78 is 0. The second-order valence-corrected chi connectivity index (χ2v) is 3.43. The van der Waals surface area contributed by atoms with Crippen molar-refractivity contribution in [1.29, 1.82) is 0 Å². The molecule has 0 aliphatic carbocycles. The monoisotopic (exact) mass is 207 g/mol. The molecule has 1 atom stereocenters. The lowest BCUT2D eigenvalue weighted by molar-refractivity contribution is 0.140. The van der Waals surface area contributed by atoms with Crippen LogP contribution < -0.4 is 0 Å². The third kappa shape index (κ3) is 2.73. The van der Waals surface area contributed by atoms with Gasteiger partial charge >= 0.3 is 0 Å². The van der Waals surface area contributed by atoms with Crippen molar-refractivity contribution >= 4 is 0 Å². The predicted molar refractivity (Wildman–Crippen MR) is 63.2 cm³/mol. The van der Waals surface area contributed by atoms with Crippen LogP contribution in [-0.4, -0.2) is 0 Å². The predicted octanol–water partition coefficient (Wildman–Crippen LogP) is 3.21. The average molecular weight is 207 g/mol. The normalized spacial score (nSPS) is 11.3. The molecule has 0 fully saturated rings. The van der Waals surface area contributed by atoms with Crippen LogP contribution in [0.4, 0.5) is 0 Å². The van der Waals surface area contributed by atoms with Crippen LogP contribution in [0.5, 0.6) is 0 Å². The van der Waals surface area contributed by atoms with Gasteiger partial charge in [0.05, 0.1) is 0 Å². The molecule has 0 saturated heterocycles. The summed E-state index contributed by atoms with van der Waals surface area (Å²) in [5, 5.41) is 11.7. The van der Waals surface area contributed by atoms with Gasteiger partial charge in [-0.2, -0.15) is 0 Å². The molecule has 1 unspecified atom stereocenters. The van der Waals surface area contributed by atoms with Gasteiger partial charge in [-0.1, -0.05) is 60.4 Å². The van der Waals surface area contributed by atoms with E-state index in [0.29, 0.717) is 5.56 Å². The highest BCUT2D eigenvalue weighted by molar-refractivity contribution is 5.36. The van der Waals surface area contributed by atoms with Gasteiger partial charge in [-0.3, -0.25) is 0 Å². The quantitative estimate of drug-likeness (QED) is 0.640. The van der Waals surface area contributed by atoms with E-state index in [0.717, 1.165) is 5.56 Å². The van der Waals surface area contributed by atoms with Crippen LogP contribution in [-0.2, 0) is 5.11 Å². The van der Waals surface area contributed by atoms with Crippen LogP contribution in [0.1, 0.15) is 17.2 Å². The van der Waals surface area contributed by atoms with Crippen LogP contribution in [0, 0.1) is 11.8 Å². The molecule has 16 heavy (non-hydrogen) atoms. The molecule has 0 aliphatic rings. The molecule has 2 rings (SSSR count). The Kier molecular flexibility index (Phi) is 3.38. The van der Waals surface area contributed by atoms with Gasteiger partial charge in [0, 0.05) is 5.56 Å². The van der Waals surface area contributed by atoms with Crippen molar-refractivity contribution in [3.8, 4) is 11.8 Å². The van der Waals surface area contributed by atoms with E-state index in [4.69, 9.17) is 0 Å². The molecule has 1 heteroatoms. The van der Waals surface area contributed by atoms with E-state index in [2.05, 4.69) is 11.8 Å². The maximum absolute atomic E-state index is 11.7. The Bertz CT molecular complexity index is 491. The third-order valence-corrected chi connectivity index (χ3v) is 2.22. The van der Waals surface area contributed by atoms with Crippen LogP contribution in [0.15, 0.2) is 60.7 Å². The van der Waals surface area contributed by atoms with Gasteiger partial charge < -0.3 is 0 Å². The standard InChI is InChI=1S/C15H11O/c16-15(14-9-5-2-6-10-14)12-11-13-7-3-1-4-8-13/h1-10,15H. The maximum atomic E-state index is 11.7. The van der Waals surface area contributed by atoms with Crippen molar-refractivity contribution < 1.29 is 5.11 Å². The summed E-state index contributed by atoms with van der Waals surface area (Å²) in [5.41, 5.74) is 1.59. The fourth-order valence-corrected chi connectivity index (χ4v) is 1.38. The van der Waals surface area contributed by atoms with Gasteiger partial charge in [-0.05, 0) is 17.7 Å². The molecule has 0 aromatic heterocycles. The topological polar surface area (TPSA) is 19.9 Å². The summed E-state index contributed by atoms with van der Waals surface area (Å²) in [7, 11) is 0. The highest BCUT2D eigenvalue weighted by Gasteiger charge is 2.02. The van der Waals surface area contributed by atoms with Crippen molar-refractivity contribution in [3.05, 3.63) is 71.8 Å². The smallest absolute Gasteiger partial charge is 0.179 e. The minimum atomic E-state index is -0.971. The zero-order chi connectivity index (χ0) is 11.2. The van der Waals surface area contributed by atoms with E-state index in [1.165, 1.54) is 0 Å². The third-order valence-electron chi connectivity index (χ3n) is 2.22. The van der Waals surface area contributed by atoms with Crippen LogP contribution in [0.3, 0.4) is 0 Å². The second-order valence-electron chi connectivity index (χ2n) is 3.43. The molecular formula is C15H11O. The minimum absolute atomic E-state index is 0.714. The summed E-state index contributed by atoms with van der Waals surface area (Å²) in [4.78, 5) is 0. The fourth-order valence-electron chi connectivity index (χ4n) is 1.38. The van der Waals surface area contributed by atoms with Crippen molar-refractivity contribution in [3.63, 3.8) is 0 Å². The molecule has 0 heterocycles. The fraction of sp³-hybridized carbons (Fsp3) is 0.0667. The molecule has 2 aromatic rings. The molecule has 0 spiro atoms. The van der Waals surface area contributed by atoms with Gasteiger partial charge in [-0.15, -0.1) is 0 Å². The molecule has 0 saturated carbocycles. The molecule has 0 aliphatic heterocycles. The van der Waals surface area contributed by atoms with Gasteiger partial charge in [0.25, 0.3) is 0 Å². The Labute approximate surface area is 95.4 Å². The first-order valence-electron chi connectivity index (χ1n) is 5.13. The second kappa shape index (κ2) is 5.16. The molecule has 1 nitrogen and oxygen atoms in total. The van der Waals surface area contributed by atoms with Crippen molar-refractivity contribution in [2.24, 2.45) is 0 Å². The largest absolute Gasteiger partial charge is 0.214 e. The van der Waals surface area contributed by atoms with Gasteiger partial charge in [0.15, 0.2) is 6.10 Å². The highest BCUT2D eigenvalue weighted by Crippen LogP contribution is 2.11. The zero-order valence-corrected chi connectivity index (χ0v) is 8.76. The number of hydrogen-bond acceptors (Lipinski definition) is 0. The molecule has 77 valence electrons. The van der Waals surface area contributed by atoms with Crippen LogP contribution in [0.2, 0.25) is 0 Å². The molecule has 2 aromatic carbocycles. The van der Waals surface area contributed by atoms with Crippen LogP contribution >= 0.6 is 0 Å². The summed E-state index contributed by atoms with van der Waals surface area (Å²) in [6.45, 7) is 0.